The van der Waals surface area contributed by atoms with E-state index in [1.165, 1.54) is 5.69 Å². The van der Waals surface area contributed by atoms with Gasteiger partial charge < -0.3 is 14.7 Å². The number of nitrogens with zero attached hydrogens (tertiary/aromatic N) is 5. The fourth-order valence-electron chi connectivity index (χ4n) is 3.86. The Morgan fingerprint density at radius 1 is 1.36 bits per heavy atom. The van der Waals surface area contributed by atoms with E-state index in [0.29, 0.717) is 5.92 Å². The van der Waals surface area contributed by atoms with Crippen LogP contribution < -0.4 is 4.90 Å². The highest BCUT2D eigenvalue weighted by Crippen LogP contribution is 2.29. The first-order valence-corrected chi connectivity index (χ1v) is 9.06. The first-order chi connectivity index (χ1) is 12.2. The molecule has 0 saturated carbocycles. The van der Waals surface area contributed by atoms with Crippen molar-refractivity contribution in [2.75, 3.05) is 24.7 Å². The number of aliphatic hydroxyl groups is 1. The lowest BCUT2D eigenvalue weighted by Crippen LogP contribution is -2.32. The minimum atomic E-state index is -0.0172. The molecular formula is C18H25N5O2. The Balaban J connectivity index is 1.64. The molecule has 4 rings (SSSR count). The second-order valence-corrected chi connectivity index (χ2v) is 6.78. The first-order valence-electron chi connectivity index (χ1n) is 9.06. The number of hydrogen-bond donors (Lipinski definition) is 1. The Labute approximate surface area is 147 Å². The van der Waals surface area contributed by atoms with Gasteiger partial charge in [0, 0.05) is 55.9 Å². The maximum absolute atomic E-state index is 9.66. The van der Waals surface area contributed by atoms with Gasteiger partial charge in [0.15, 0.2) is 0 Å². The number of aliphatic hydroxyl groups excluding tert-OH is 1. The molecule has 2 aliphatic heterocycles. The van der Waals surface area contributed by atoms with Gasteiger partial charge in [0.25, 0.3) is 0 Å². The second kappa shape index (κ2) is 6.72. The van der Waals surface area contributed by atoms with E-state index in [1.54, 1.807) is 0 Å². The van der Waals surface area contributed by atoms with Gasteiger partial charge in [-0.2, -0.15) is 5.10 Å². The lowest BCUT2D eigenvalue weighted by atomic mass is 10.0. The average molecular weight is 343 g/mol. The molecule has 0 aromatic carbocycles. The quantitative estimate of drug-likeness (QED) is 0.908. The molecule has 2 aromatic rings. The fraction of sp³-hybridized carbons (Fsp3) is 0.611. The Morgan fingerprint density at radius 3 is 2.96 bits per heavy atom. The topological polar surface area (TPSA) is 76.3 Å². The SMILES string of the molecule is CCn1nc(CO)c2c1CCN(c1cc([C@@H]3CCOC3)nc(C)n1)C2. The molecule has 0 radical (unpaired) electrons. The number of rotatable bonds is 4. The molecule has 134 valence electrons. The van der Waals surface area contributed by atoms with Crippen LogP contribution >= 0.6 is 0 Å². The predicted molar refractivity (Wildman–Crippen MR) is 93.5 cm³/mol. The predicted octanol–water partition coefficient (Wildman–Crippen LogP) is 1.56. The van der Waals surface area contributed by atoms with Crippen LogP contribution in [0.5, 0.6) is 0 Å². The lowest BCUT2D eigenvalue weighted by Gasteiger charge is -2.29. The van der Waals surface area contributed by atoms with E-state index < -0.39 is 0 Å². The molecular weight excluding hydrogens is 318 g/mol. The summed E-state index contributed by atoms with van der Waals surface area (Å²) in [6.45, 7) is 8.06. The van der Waals surface area contributed by atoms with Gasteiger partial charge in [-0.25, -0.2) is 9.97 Å². The van der Waals surface area contributed by atoms with Crippen LogP contribution in [-0.4, -0.2) is 44.6 Å². The number of aryl methyl sites for hydroxylation is 2. The largest absolute Gasteiger partial charge is 0.390 e. The van der Waals surface area contributed by atoms with Crippen LogP contribution in [0.2, 0.25) is 0 Å². The lowest BCUT2D eigenvalue weighted by molar-refractivity contribution is 0.193. The van der Waals surface area contributed by atoms with Crippen LogP contribution in [0.4, 0.5) is 5.82 Å². The van der Waals surface area contributed by atoms with Crippen LogP contribution in [0.3, 0.4) is 0 Å². The van der Waals surface area contributed by atoms with Crippen LogP contribution in [0.1, 0.15) is 47.7 Å². The van der Waals surface area contributed by atoms with Crippen molar-refractivity contribution in [1.82, 2.24) is 19.7 Å². The minimum Gasteiger partial charge on any atom is -0.390 e. The molecule has 1 fully saturated rings. The van der Waals surface area contributed by atoms with Gasteiger partial charge in [0.1, 0.15) is 11.6 Å². The molecule has 25 heavy (non-hydrogen) atoms. The molecule has 1 atom stereocenters. The summed E-state index contributed by atoms with van der Waals surface area (Å²) in [6.07, 6.45) is 1.94. The van der Waals surface area contributed by atoms with Crippen molar-refractivity contribution in [1.29, 1.82) is 0 Å². The number of ether oxygens (including phenoxy) is 1. The van der Waals surface area contributed by atoms with E-state index in [2.05, 4.69) is 33.0 Å². The van der Waals surface area contributed by atoms with Gasteiger partial charge in [0.05, 0.1) is 24.6 Å². The highest BCUT2D eigenvalue weighted by molar-refractivity contribution is 5.45. The van der Waals surface area contributed by atoms with E-state index >= 15 is 0 Å². The third-order valence-corrected chi connectivity index (χ3v) is 5.18. The molecule has 7 nitrogen and oxygen atoms in total. The van der Waals surface area contributed by atoms with E-state index in [0.717, 1.165) is 74.3 Å². The summed E-state index contributed by atoms with van der Waals surface area (Å²) in [6, 6.07) is 2.11. The molecule has 0 aliphatic carbocycles. The summed E-state index contributed by atoms with van der Waals surface area (Å²) < 4.78 is 7.53. The molecule has 0 unspecified atom stereocenters. The summed E-state index contributed by atoms with van der Waals surface area (Å²) in [5, 5.41) is 14.2. The fourth-order valence-corrected chi connectivity index (χ4v) is 3.86. The Kier molecular flexibility index (Phi) is 4.43. The first kappa shape index (κ1) is 16.5. The summed E-state index contributed by atoms with van der Waals surface area (Å²) in [5.74, 6) is 2.14. The van der Waals surface area contributed by atoms with Gasteiger partial charge in [0.2, 0.25) is 0 Å². The molecule has 2 aliphatic rings. The van der Waals surface area contributed by atoms with Gasteiger partial charge in [-0.3, -0.25) is 4.68 Å². The monoisotopic (exact) mass is 343 g/mol. The van der Waals surface area contributed by atoms with Gasteiger partial charge >= 0.3 is 0 Å². The number of hydrogen-bond acceptors (Lipinski definition) is 6. The third-order valence-electron chi connectivity index (χ3n) is 5.18. The molecule has 4 heterocycles. The Bertz CT molecular complexity index is 767. The van der Waals surface area contributed by atoms with E-state index in [4.69, 9.17) is 4.74 Å². The van der Waals surface area contributed by atoms with Gasteiger partial charge in [-0.1, -0.05) is 0 Å². The van der Waals surface area contributed by atoms with E-state index in [1.807, 2.05) is 11.6 Å². The smallest absolute Gasteiger partial charge is 0.132 e. The van der Waals surface area contributed by atoms with E-state index in [-0.39, 0.29) is 6.61 Å². The normalized spacial score (nSPS) is 20.1. The van der Waals surface area contributed by atoms with Crippen LogP contribution in [0, 0.1) is 6.92 Å². The van der Waals surface area contributed by atoms with Crippen molar-refractivity contribution in [3.05, 3.63) is 34.5 Å². The summed E-state index contributed by atoms with van der Waals surface area (Å²) in [5.41, 5.74) is 4.27. The molecule has 0 bridgehead atoms. The van der Waals surface area contributed by atoms with Crippen LogP contribution in [0.25, 0.3) is 0 Å². The zero-order chi connectivity index (χ0) is 17.4. The molecule has 1 saturated heterocycles. The minimum absolute atomic E-state index is 0.0172. The maximum Gasteiger partial charge on any atom is 0.132 e. The Morgan fingerprint density at radius 2 is 2.24 bits per heavy atom. The highest BCUT2D eigenvalue weighted by atomic mass is 16.5. The van der Waals surface area contributed by atoms with Crippen LogP contribution in [-0.2, 0) is 30.9 Å². The number of fused-ring (bicyclic) bond motifs is 1. The average Bonchev–Trinajstić information content (AvgIpc) is 3.28. The van der Waals surface area contributed by atoms with Gasteiger partial charge in [-0.15, -0.1) is 0 Å². The van der Waals surface area contributed by atoms with Crippen LogP contribution in [0.15, 0.2) is 6.07 Å². The standard InChI is InChI=1S/C18H25N5O2/c1-3-23-17-4-6-22(9-14(17)16(10-24)21-23)18-8-15(19-12(2)20-18)13-5-7-25-11-13/h8,13,24H,3-7,9-11H2,1-2H3/t13-/m1/s1. The maximum atomic E-state index is 9.66. The molecule has 0 spiro atoms. The zero-order valence-corrected chi connectivity index (χ0v) is 14.9. The van der Waals surface area contributed by atoms with Crippen molar-refractivity contribution in [2.45, 2.75) is 52.3 Å². The van der Waals surface area contributed by atoms with Gasteiger partial charge in [-0.05, 0) is 20.3 Å². The zero-order valence-electron chi connectivity index (χ0n) is 14.9. The summed E-state index contributed by atoms with van der Waals surface area (Å²) in [4.78, 5) is 11.6. The molecule has 1 N–H and O–H groups in total. The van der Waals surface area contributed by atoms with Crippen molar-refractivity contribution in [3.63, 3.8) is 0 Å². The molecule has 0 amide bonds. The summed E-state index contributed by atoms with van der Waals surface area (Å²) in [7, 11) is 0. The number of aromatic nitrogens is 4. The van der Waals surface area contributed by atoms with Crippen molar-refractivity contribution in [3.8, 4) is 0 Å². The van der Waals surface area contributed by atoms with Crippen molar-refractivity contribution < 1.29 is 9.84 Å². The molecule has 7 heteroatoms. The number of anilines is 1. The second-order valence-electron chi connectivity index (χ2n) is 6.78. The highest BCUT2D eigenvalue weighted by Gasteiger charge is 2.26. The van der Waals surface area contributed by atoms with Crippen molar-refractivity contribution in [2.24, 2.45) is 0 Å². The van der Waals surface area contributed by atoms with Crippen molar-refractivity contribution >= 4 is 5.82 Å². The van der Waals surface area contributed by atoms with E-state index in [9.17, 15) is 5.11 Å². The Hall–Kier alpha value is -1.99. The summed E-state index contributed by atoms with van der Waals surface area (Å²) >= 11 is 0. The molecule has 2 aromatic heterocycles. The third kappa shape index (κ3) is 3.02.